The molecule has 1 amide bonds. The highest BCUT2D eigenvalue weighted by Crippen LogP contribution is 2.13. The largest absolute Gasteiger partial charge is 0.491 e. The Hall–Kier alpha value is -2.14. The number of benzene rings is 1. The summed E-state index contributed by atoms with van der Waals surface area (Å²) in [5.41, 5.74) is 3.36. The Balaban J connectivity index is 1.96. The molecule has 0 spiro atoms. The first-order valence-electron chi connectivity index (χ1n) is 6.29. The Bertz CT molecular complexity index is 592. The van der Waals surface area contributed by atoms with Gasteiger partial charge in [0.25, 0.3) is 5.91 Å². The molecule has 0 atom stereocenters. The van der Waals surface area contributed by atoms with Crippen molar-refractivity contribution in [3.63, 3.8) is 0 Å². The number of hydrazone groups is 1. The van der Waals surface area contributed by atoms with Gasteiger partial charge in [0, 0.05) is 0 Å². The van der Waals surface area contributed by atoms with E-state index >= 15 is 0 Å². The average Bonchev–Trinajstić information content (AvgIpc) is 2.92. The van der Waals surface area contributed by atoms with E-state index in [1.54, 1.807) is 12.3 Å². The third-order valence-corrected chi connectivity index (χ3v) is 3.22. The predicted molar refractivity (Wildman–Crippen MR) is 81.6 cm³/mol. The quantitative estimate of drug-likeness (QED) is 0.678. The zero-order valence-electron chi connectivity index (χ0n) is 11.4. The molecular formula is C15H16N2O2S. The topological polar surface area (TPSA) is 50.7 Å². The summed E-state index contributed by atoms with van der Waals surface area (Å²) in [7, 11) is 0. The van der Waals surface area contributed by atoms with E-state index < -0.39 is 0 Å². The van der Waals surface area contributed by atoms with Crippen LogP contribution in [0.15, 0.2) is 46.9 Å². The van der Waals surface area contributed by atoms with Crippen molar-refractivity contribution in [2.75, 3.05) is 0 Å². The number of amides is 1. The van der Waals surface area contributed by atoms with Gasteiger partial charge in [-0.1, -0.05) is 18.2 Å². The van der Waals surface area contributed by atoms with Crippen molar-refractivity contribution >= 4 is 23.5 Å². The Kier molecular flexibility index (Phi) is 4.90. The summed E-state index contributed by atoms with van der Waals surface area (Å²) >= 11 is 1.38. The first kappa shape index (κ1) is 14.3. The van der Waals surface area contributed by atoms with E-state index in [-0.39, 0.29) is 12.0 Å². The number of hydrogen-bond acceptors (Lipinski definition) is 4. The van der Waals surface area contributed by atoms with Gasteiger partial charge >= 0.3 is 0 Å². The number of nitrogens with zero attached hydrogens (tertiary/aromatic N) is 1. The molecule has 0 aliphatic carbocycles. The van der Waals surface area contributed by atoms with Crippen molar-refractivity contribution in [2.45, 2.75) is 20.0 Å². The standard InChI is InChI=1S/C15H16N2O2S/c1-11(2)19-13-6-3-5-12(9-13)10-16-17-15(18)14-7-4-8-20-14/h3-11H,1-2H3,(H,17,18). The zero-order valence-corrected chi connectivity index (χ0v) is 12.2. The fourth-order valence-electron chi connectivity index (χ4n) is 1.57. The summed E-state index contributed by atoms with van der Waals surface area (Å²) in [6.45, 7) is 3.95. The lowest BCUT2D eigenvalue weighted by molar-refractivity contribution is 0.0959. The molecule has 20 heavy (non-hydrogen) atoms. The van der Waals surface area contributed by atoms with Crippen LogP contribution in [0.1, 0.15) is 29.1 Å². The normalized spacial score (nSPS) is 10.9. The molecule has 0 unspecified atom stereocenters. The van der Waals surface area contributed by atoms with Gasteiger partial charge in [0.1, 0.15) is 5.75 Å². The minimum absolute atomic E-state index is 0.126. The zero-order chi connectivity index (χ0) is 14.4. The number of nitrogens with one attached hydrogen (secondary N) is 1. The van der Waals surface area contributed by atoms with Crippen LogP contribution >= 0.6 is 11.3 Å². The summed E-state index contributed by atoms with van der Waals surface area (Å²) < 4.78 is 5.59. The van der Waals surface area contributed by atoms with Crippen LogP contribution in [0.5, 0.6) is 5.75 Å². The number of carbonyl (C=O) groups excluding carboxylic acids is 1. The number of hydrogen-bond donors (Lipinski definition) is 1. The first-order valence-corrected chi connectivity index (χ1v) is 7.17. The number of ether oxygens (including phenoxy) is 1. The van der Waals surface area contributed by atoms with Crippen LogP contribution in [0, 0.1) is 0 Å². The second-order valence-electron chi connectivity index (χ2n) is 4.42. The molecule has 1 heterocycles. The molecule has 0 radical (unpaired) electrons. The summed E-state index contributed by atoms with van der Waals surface area (Å²) in [4.78, 5) is 12.3. The Morgan fingerprint density at radius 3 is 2.90 bits per heavy atom. The van der Waals surface area contributed by atoms with Crippen LogP contribution in [0.4, 0.5) is 0 Å². The van der Waals surface area contributed by atoms with Crippen LogP contribution < -0.4 is 10.2 Å². The molecule has 0 aliphatic heterocycles. The molecule has 104 valence electrons. The Morgan fingerprint density at radius 1 is 1.35 bits per heavy atom. The molecule has 5 heteroatoms. The van der Waals surface area contributed by atoms with Gasteiger partial charge in [0.2, 0.25) is 0 Å². The highest BCUT2D eigenvalue weighted by atomic mass is 32.1. The molecule has 4 nitrogen and oxygen atoms in total. The molecule has 2 rings (SSSR count). The highest BCUT2D eigenvalue weighted by molar-refractivity contribution is 7.12. The number of thiophene rings is 1. The van der Waals surface area contributed by atoms with E-state index in [4.69, 9.17) is 4.74 Å². The second-order valence-corrected chi connectivity index (χ2v) is 5.36. The van der Waals surface area contributed by atoms with Crippen molar-refractivity contribution in [2.24, 2.45) is 5.10 Å². The van der Waals surface area contributed by atoms with Gasteiger partial charge in [-0.25, -0.2) is 5.43 Å². The third-order valence-electron chi connectivity index (χ3n) is 2.35. The minimum Gasteiger partial charge on any atom is -0.491 e. The van der Waals surface area contributed by atoms with Crippen LogP contribution in [-0.4, -0.2) is 18.2 Å². The maximum absolute atomic E-state index is 11.7. The SMILES string of the molecule is CC(C)Oc1cccc(C=NNC(=O)c2cccs2)c1. The van der Waals surface area contributed by atoms with Crippen molar-refractivity contribution < 1.29 is 9.53 Å². The lowest BCUT2D eigenvalue weighted by Gasteiger charge is -2.09. The van der Waals surface area contributed by atoms with Crippen LogP contribution in [-0.2, 0) is 0 Å². The number of rotatable bonds is 5. The van der Waals surface area contributed by atoms with Gasteiger partial charge in [-0.2, -0.15) is 5.10 Å². The van der Waals surface area contributed by atoms with Gasteiger partial charge in [0.05, 0.1) is 17.2 Å². The van der Waals surface area contributed by atoms with Crippen LogP contribution in [0.25, 0.3) is 0 Å². The molecule has 0 saturated carbocycles. The average molecular weight is 288 g/mol. The summed E-state index contributed by atoms with van der Waals surface area (Å²) in [5, 5.41) is 5.80. The van der Waals surface area contributed by atoms with Gasteiger partial charge < -0.3 is 4.74 Å². The molecule has 2 aromatic rings. The molecule has 0 bridgehead atoms. The molecule has 1 aromatic carbocycles. The van der Waals surface area contributed by atoms with E-state index in [2.05, 4.69) is 10.5 Å². The van der Waals surface area contributed by atoms with Gasteiger partial charge in [-0.15, -0.1) is 11.3 Å². The Labute approximate surface area is 122 Å². The van der Waals surface area contributed by atoms with Gasteiger partial charge in [-0.05, 0) is 43.0 Å². The number of carbonyl (C=O) groups is 1. The molecule has 1 aromatic heterocycles. The monoisotopic (exact) mass is 288 g/mol. The van der Waals surface area contributed by atoms with Crippen molar-refractivity contribution in [3.05, 3.63) is 52.2 Å². The fourth-order valence-corrected chi connectivity index (χ4v) is 2.18. The predicted octanol–water partition coefficient (Wildman–Crippen LogP) is 3.30. The summed E-state index contributed by atoms with van der Waals surface area (Å²) in [6.07, 6.45) is 1.72. The Morgan fingerprint density at radius 2 is 2.20 bits per heavy atom. The molecule has 0 aliphatic rings. The molecule has 0 fully saturated rings. The third kappa shape index (κ3) is 4.20. The molecule has 0 saturated heterocycles. The summed E-state index contributed by atoms with van der Waals surface area (Å²) in [5.74, 6) is 0.583. The van der Waals surface area contributed by atoms with Crippen molar-refractivity contribution in [1.82, 2.24) is 5.43 Å². The van der Waals surface area contributed by atoms with E-state index in [0.29, 0.717) is 4.88 Å². The lowest BCUT2D eigenvalue weighted by Crippen LogP contribution is -2.16. The smallest absolute Gasteiger partial charge is 0.281 e. The molecule has 1 N–H and O–H groups in total. The minimum atomic E-state index is -0.203. The first-order chi connectivity index (χ1) is 9.65. The maximum Gasteiger partial charge on any atom is 0.281 e. The van der Waals surface area contributed by atoms with E-state index in [1.807, 2.05) is 49.6 Å². The van der Waals surface area contributed by atoms with E-state index in [9.17, 15) is 4.79 Å². The molecular weight excluding hydrogens is 272 g/mol. The fraction of sp³-hybridized carbons (Fsp3) is 0.200. The second kappa shape index (κ2) is 6.86. The lowest BCUT2D eigenvalue weighted by atomic mass is 10.2. The van der Waals surface area contributed by atoms with Gasteiger partial charge in [0.15, 0.2) is 0 Å². The highest BCUT2D eigenvalue weighted by Gasteiger charge is 2.03. The van der Waals surface area contributed by atoms with Crippen LogP contribution in [0.3, 0.4) is 0 Å². The maximum atomic E-state index is 11.7. The van der Waals surface area contributed by atoms with E-state index in [0.717, 1.165) is 11.3 Å². The van der Waals surface area contributed by atoms with Crippen molar-refractivity contribution in [1.29, 1.82) is 0 Å². The van der Waals surface area contributed by atoms with Crippen LogP contribution in [0.2, 0.25) is 0 Å². The van der Waals surface area contributed by atoms with E-state index in [1.165, 1.54) is 11.3 Å². The summed E-state index contributed by atoms with van der Waals surface area (Å²) in [6, 6.07) is 11.1. The van der Waals surface area contributed by atoms with Gasteiger partial charge in [-0.3, -0.25) is 4.79 Å². The van der Waals surface area contributed by atoms with Crippen molar-refractivity contribution in [3.8, 4) is 5.75 Å².